The minimum absolute atomic E-state index is 0.329. The lowest BCUT2D eigenvalue weighted by Crippen LogP contribution is -1.87. The predicted octanol–water partition coefficient (Wildman–Crippen LogP) is 2.93. The Balaban J connectivity index is 0.000000187. The van der Waals surface area contributed by atoms with Gasteiger partial charge in [0.25, 0.3) is 0 Å². The van der Waals surface area contributed by atoms with E-state index in [4.69, 9.17) is 0 Å². The summed E-state index contributed by atoms with van der Waals surface area (Å²) in [5.41, 5.74) is 1.06. The minimum Gasteiger partial charge on any atom is -0.435 e. The lowest BCUT2D eigenvalue weighted by atomic mass is 10.2. The topological polar surface area (TPSA) is 39.2 Å². The van der Waals surface area contributed by atoms with Crippen molar-refractivity contribution in [3.8, 4) is 0 Å². The molecule has 0 saturated heterocycles. The molecule has 16 heavy (non-hydrogen) atoms. The van der Waals surface area contributed by atoms with Gasteiger partial charge in [0, 0.05) is 18.5 Å². The summed E-state index contributed by atoms with van der Waals surface area (Å²) in [6.07, 6.45) is 2.91. The number of hydrogen-bond donors (Lipinski definition) is 0. The zero-order chi connectivity index (χ0) is 11.8. The second-order valence-electron chi connectivity index (χ2n) is 2.97. The van der Waals surface area contributed by atoms with Crippen LogP contribution >= 0.6 is 0 Å². The van der Waals surface area contributed by atoms with Crippen LogP contribution in [0.15, 0.2) is 55.4 Å². The molecule has 2 aromatic rings. The highest BCUT2D eigenvalue weighted by molar-refractivity contribution is 5.77. The third-order valence-electron chi connectivity index (χ3n) is 1.76. The normalized spacial score (nSPS) is 8.81. The number of carbonyl (C=O) groups is 1. The van der Waals surface area contributed by atoms with Gasteiger partial charge in [0.2, 0.25) is 0 Å². The van der Waals surface area contributed by atoms with Crippen molar-refractivity contribution < 1.29 is 9.53 Å². The Morgan fingerprint density at radius 3 is 2.56 bits per heavy atom. The van der Waals surface area contributed by atoms with Crippen molar-refractivity contribution in [2.24, 2.45) is 0 Å². The second-order valence-corrected chi connectivity index (χ2v) is 2.97. The number of fused-ring (bicyclic) bond motifs is 1. The van der Waals surface area contributed by atoms with Crippen LogP contribution in [-0.4, -0.2) is 11.0 Å². The molecule has 0 bridgehead atoms. The third-order valence-corrected chi connectivity index (χ3v) is 1.76. The highest BCUT2D eigenvalue weighted by Crippen LogP contribution is 2.07. The van der Waals surface area contributed by atoms with Gasteiger partial charge in [-0.25, -0.2) is 0 Å². The zero-order valence-electron chi connectivity index (χ0n) is 9.09. The van der Waals surface area contributed by atoms with Gasteiger partial charge < -0.3 is 4.74 Å². The van der Waals surface area contributed by atoms with Gasteiger partial charge in [-0.3, -0.25) is 9.78 Å². The molecule has 0 fully saturated rings. The van der Waals surface area contributed by atoms with E-state index >= 15 is 0 Å². The molecule has 3 heteroatoms. The maximum atomic E-state index is 9.75. The molecule has 0 aliphatic carbocycles. The Hall–Kier alpha value is -2.16. The Labute approximate surface area is 94.4 Å². The Morgan fingerprint density at radius 2 is 2.00 bits per heavy atom. The Bertz CT molecular complexity index is 415. The molecule has 0 aliphatic heterocycles. The van der Waals surface area contributed by atoms with Crippen LogP contribution in [0.5, 0.6) is 0 Å². The molecule has 0 N–H and O–H groups in total. The monoisotopic (exact) mass is 215 g/mol. The van der Waals surface area contributed by atoms with Gasteiger partial charge in [0.1, 0.15) is 0 Å². The molecule has 82 valence electrons. The summed E-state index contributed by atoms with van der Waals surface area (Å²) in [6.45, 7) is 4.48. The molecule has 0 unspecified atom stereocenters. The van der Waals surface area contributed by atoms with E-state index in [0.717, 1.165) is 11.8 Å². The van der Waals surface area contributed by atoms with E-state index in [0.29, 0.717) is 0 Å². The smallest absolute Gasteiger partial charge is 0.307 e. The molecule has 1 aromatic carbocycles. The molecule has 0 aliphatic rings. The number of pyridine rings is 1. The lowest BCUT2D eigenvalue weighted by Gasteiger charge is -1.91. The van der Waals surface area contributed by atoms with Crippen molar-refractivity contribution in [3.63, 3.8) is 0 Å². The highest BCUT2D eigenvalue weighted by atomic mass is 16.5. The van der Waals surface area contributed by atoms with Crippen LogP contribution in [0.25, 0.3) is 10.9 Å². The van der Waals surface area contributed by atoms with Gasteiger partial charge in [0.15, 0.2) is 0 Å². The molecule has 0 spiro atoms. The van der Waals surface area contributed by atoms with Gasteiger partial charge in [-0.1, -0.05) is 30.8 Å². The van der Waals surface area contributed by atoms with E-state index in [2.05, 4.69) is 28.4 Å². The van der Waals surface area contributed by atoms with Gasteiger partial charge in [-0.15, -0.1) is 0 Å². The van der Waals surface area contributed by atoms with E-state index < -0.39 is 0 Å². The fourth-order valence-electron chi connectivity index (χ4n) is 1.13. The van der Waals surface area contributed by atoms with Gasteiger partial charge in [-0.05, 0) is 12.1 Å². The van der Waals surface area contributed by atoms with Crippen LogP contribution < -0.4 is 0 Å². The fraction of sp³-hybridized carbons (Fsp3) is 0.0769. The van der Waals surface area contributed by atoms with Crippen molar-refractivity contribution in [2.75, 3.05) is 0 Å². The number of ether oxygens (including phenoxy) is 1. The van der Waals surface area contributed by atoms with E-state index in [1.807, 2.05) is 30.5 Å². The molecule has 1 aromatic heterocycles. The summed E-state index contributed by atoms with van der Waals surface area (Å²) in [5.74, 6) is -0.329. The van der Waals surface area contributed by atoms with Gasteiger partial charge in [0.05, 0.1) is 11.8 Å². The third kappa shape index (κ3) is 3.92. The first-order valence-corrected chi connectivity index (χ1v) is 4.82. The molecule has 3 nitrogen and oxygen atoms in total. The van der Waals surface area contributed by atoms with Crippen LogP contribution in [0.4, 0.5) is 0 Å². The van der Waals surface area contributed by atoms with Crippen LogP contribution in [0.2, 0.25) is 0 Å². The van der Waals surface area contributed by atoms with Crippen molar-refractivity contribution in [1.82, 2.24) is 4.98 Å². The fourth-order valence-corrected chi connectivity index (χ4v) is 1.13. The number of para-hydroxylation sites is 1. The maximum absolute atomic E-state index is 9.75. The molecule has 0 amide bonds. The Morgan fingerprint density at radius 1 is 1.31 bits per heavy atom. The van der Waals surface area contributed by atoms with Crippen molar-refractivity contribution in [3.05, 3.63) is 55.4 Å². The SMILES string of the molecule is C=COC(C)=O.c1ccc2ncccc2c1. The first kappa shape index (κ1) is 11.9. The molecular formula is C13H13NO2. The molecular weight excluding hydrogens is 202 g/mol. The van der Waals surface area contributed by atoms with E-state index in [9.17, 15) is 4.79 Å². The standard InChI is InChI=1S/C9H7N.C4H6O2/c1-2-6-9-8(4-1)5-3-7-10-9;1-3-6-4(2)5/h1-7H;3H,1H2,2H3. The number of esters is 1. The number of benzene rings is 1. The lowest BCUT2D eigenvalue weighted by molar-refractivity contribution is -0.135. The number of carbonyl (C=O) groups excluding carboxylic acids is 1. The zero-order valence-corrected chi connectivity index (χ0v) is 9.09. The number of aromatic nitrogens is 1. The average Bonchev–Trinajstić information content (AvgIpc) is 2.30. The summed E-state index contributed by atoms with van der Waals surface area (Å²) >= 11 is 0. The molecule has 2 rings (SSSR count). The molecule has 1 heterocycles. The van der Waals surface area contributed by atoms with Crippen molar-refractivity contribution in [2.45, 2.75) is 6.92 Å². The summed E-state index contributed by atoms with van der Waals surface area (Å²) in [4.78, 5) is 13.9. The quantitative estimate of drug-likeness (QED) is 0.542. The van der Waals surface area contributed by atoms with E-state index in [1.165, 1.54) is 12.3 Å². The molecule has 0 saturated carbocycles. The van der Waals surface area contributed by atoms with Gasteiger partial charge >= 0.3 is 5.97 Å². The summed E-state index contributed by atoms with van der Waals surface area (Å²) < 4.78 is 4.17. The maximum Gasteiger partial charge on any atom is 0.307 e. The average molecular weight is 215 g/mol. The number of rotatable bonds is 1. The van der Waals surface area contributed by atoms with Gasteiger partial charge in [-0.2, -0.15) is 0 Å². The van der Waals surface area contributed by atoms with Crippen LogP contribution in [0.1, 0.15) is 6.92 Å². The first-order valence-electron chi connectivity index (χ1n) is 4.82. The summed E-state index contributed by atoms with van der Waals surface area (Å²) in [5, 5.41) is 1.20. The minimum atomic E-state index is -0.329. The summed E-state index contributed by atoms with van der Waals surface area (Å²) in [6, 6.07) is 12.1. The van der Waals surface area contributed by atoms with Crippen LogP contribution in [0, 0.1) is 0 Å². The second kappa shape index (κ2) is 6.35. The first-order chi connectivity index (χ1) is 7.74. The van der Waals surface area contributed by atoms with Crippen LogP contribution in [0.3, 0.4) is 0 Å². The van der Waals surface area contributed by atoms with Crippen LogP contribution in [-0.2, 0) is 9.53 Å². The van der Waals surface area contributed by atoms with E-state index in [1.54, 1.807) is 0 Å². The molecule has 0 atom stereocenters. The highest BCUT2D eigenvalue weighted by Gasteiger charge is 1.86. The molecule has 0 radical (unpaired) electrons. The van der Waals surface area contributed by atoms with E-state index in [-0.39, 0.29) is 5.97 Å². The Kier molecular flexibility index (Phi) is 4.73. The number of hydrogen-bond acceptors (Lipinski definition) is 3. The largest absolute Gasteiger partial charge is 0.435 e. The summed E-state index contributed by atoms with van der Waals surface area (Å²) in [7, 11) is 0. The van der Waals surface area contributed by atoms with Crippen molar-refractivity contribution in [1.29, 1.82) is 0 Å². The predicted molar refractivity (Wildman–Crippen MR) is 63.7 cm³/mol. The van der Waals surface area contributed by atoms with Crippen molar-refractivity contribution >= 4 is 16.9 Å². The number of nitrogens with zero attached hydrogens (tertiary/aromatic N) is 1.